The van der Waals surface area contributed by atoms with Crippen molar-refractivity contribution in [2.45, 2.75) is 36.6 Å². The standard InChI is InChI=1S/C13H18N2O4S/c14-20(18,19)12-7-2-1-6-11(12)15-10-5-3-4-9(8-10)13(16)17/h1-2,6-7,9-10,15H,3-5,8H2,(H,16,17)(H2,14,18,19). The van der Waals surface area contributed by atoms with Gasteiger partial charge in [-0.3, -0.25) is 4.79 Å². The van der Waals surface area contributed by atoms with Gasteiger partial charge in [0.15, 0.2) is 0 Å². The number of rotatable bonds is 4. The van der Waals surface area contributed by atoms with Crippen LogP contribution >= 0.6 is 0 Å². The number of anilines is 1. The van der Waals surface area contributed by atoms with E-state index in [4.69, 9.17) is 10.2 Å². The molecule has 0 aromatic heterocycles. The number of hydrogen-bond acceptors (Lipinski definition) is 4. The van der Waals surface area contributed by atoms with Crippen molar-refractivity contribution < 1.29 is 18.3 Å². The number of para-hydroxylation sites is 1. The lowest BCUT2D eigenvalue weighted by atomic mass is 9.85. The summed E-state index contributed by atoms with van der Waals surface area (Å²) in [6.45, 7) is 0. The third kappa shape index (κ3) is 3.49. The average Bonchev–Trinajstić information content (AvgIpc) is 2.38. The van der Waals surface area contributed by atoms with Gasteiger partial charge in [-0.1, -0.05) is 18.6 Å². The Hall–Kier alpha value is -1.60. The molecule has 2 rings (SSSR count). The van der Waals surface area contributed by atoms with Crippen LogP contribution in [-0.4, -0.2) is 25.5 Å². The highest BCUT2D eigenvalue weighted by Crippen LogP contribution is 2.29. The van der Waals surface area contributed by atoms with Crippen LogP contribution in [0.15, 0.2) is 29.2 Å². The molecule has 0 saturated heterocycles. The van der Waals surface area contributed by atoms with Crippen molar-refractivity contribution in [2.75, 3.05) is 5.32 Å². The highest BCUT2D eigenvalue weighted by molar-refractivity contribution is 7.89. The van der Waals surface area contributed by atoms with Gasteiger partial charge in [0, 0.05) is 6.04 Å². The van der Waals surface area contributed by atoms with Gasteiger partial charge in [0.05, 0.1) is 11.6 Å². The molecule has 1 aromatic carbocycles. The quantitative estimate of drug-likeness (QED) is 0.778. The zero-order valence-corrected chi connectivity index (χ0v) is 11.8. The maximum Gasteiger partial charge on any atom is 0.306 e. The fraction of sp³-hybridized carbons (Fsp3) is 0.462. The van der Waals surface area contributed by atoms with Crippen LogP contribution in [0.1, 0.15) is 25.7 Å². The van der Waals surface area contributed by atoms with E-state index in [0.29, 0.717) is 18.5 Å². The highest BCUT2D eigenvalue weighted by atomic mass is 32.2. The second-order valence-corrected chi connectivity index (χ2v) is 6.61. The van der Waals surface area contributed by atoms with Crippen LogP contribution in [0.2, 0.25) is 0 Å². The van der Waals surface area contributed by atoms with E-state index in [1.807, 2.05) is 0 Å². The fourth-order valence-corrected chi connectivity index (χ4v) is 3.30. The molecule has 1 aliphatic carbocycles. The lowest BCUT2D eigenvalue weighted by Gasteiger charge is -2.28. The van der Waals surface area contributed by atoms with Crippen LogP contribution in [0.25, 0.3) is 0 Å². The van der Waals surface area contributed by atoms with E-state index < -0.39 is 16.0 Å². The number of aliphatic carboxylic acids is 1. The van der Waals surface area contributed by atoms with Gasteiger partial charge in [0.25, 0.3) is 0 Å². The monoisotopic (exact) mass is 298 g/mol. The van der Waals surface area contributed by atoms with Gasteiger partial charge in [-0.25, -0.2) is 13.6 Å². The van der Waals surface area contributed by atoms with Crippen molar-refractivity contribution in [1.82, 2.24) is 0 Å². The molecule has 0 aliphatic heterocycles. The fourth-order valence-electron chi connectivity index (χ4n) is 2.60. The van der Waals surface area contributed by atoms with Gasteiger partial charge in [-0.2, -0.15) is 0 Å². The number of carboxylic acid groups (broad SMARTS) is 1. The number of carbonyl (C=O) groups is 1. The van der Waals surface area contributed by atoms with Crippen LogP contribution in [0.5, 0.6) is 0 Å². The van der Waals surface area contributed by atoms with E-state index in [0.717, 1.165) is 12.8 Å². The molecule has 1 aromatic rings. The average molecular weight is 298 g/mol. The van der Waals surface area contributed by atoms with E-state index in [1.54, 1.807) is 18.2 Å². The predicted molar refractivity (Wildman–Crippen MR) is 74.8 cm³/mol. The lowest BCUT2D eigenvalue weighted by Crippen LogP contribution is -2.31. The summed E-state index contributed by atoms with van der Waals surface area (Å²) in [5.74, 6) is -1.17. The maximum atomic E-state index is 11.5. The highest BCUT2D eigenvalue weighted by Gasteiger charge is 2.27. The van der Waals surface area contributed by atoms with Crippen molar-refractivity contribution in [3.8, 4) is 0 Å². The summed E-state index contributed by atoms with van der Waals surface area (Å²) in [4.78, 5) is 11.1. The first-order valence-corrected chi connectivity index (χ1v) is 8.03. The summed E-state index contributed by atoms with van der Waals surface area (Å²) in [6, 6.07) is 6.35. The molecule has 4 N–H and O–H groups in total. The molecular weight excluding hydrogens is 280 g/mol. The minimum Gasteiger partial charge on any atom is -0.481 e. The Morgan fingerprint density at radius 2 is 2.00 bits per heavy atom. The minimum atomic E-state index is -3.79. The van der Waals surface area contributed by atoms with Gasteiger partial charge in [-0.05, 0) is 31.4 Å². The van der Waals surface area contributed by atoms with Crippen LogP contribution in [0.3, 0.4) is 0 Å². The molecule has 6 nitrogen and oxygen atoms in total. The van der Waals surface area contributed by atoms with Crippen LogP contribution in [0.4, 0.5) is 5.69 Å². The molecule has 0 bridgehead atoms. The van der Waals surface area contributed by atoms with Gasteiger partial charge in [-0.15, -0.1) is 0 Å². The van der Waals surface area contributed by atoms with Gasteiger partial charge in [0.1, 0.15) is 4.90 Å². The number of nitrogens with one attached hydrogen (secondary N) is 1. The molecule has 1 fully saturated rings. The first-order chi connectivity index (χ1) is 9.38. The van der Waals surface area contributed by atoms with Crippen molar-refractivity contribution in [2.24, 2.45) is 11.1 Å². The zero-order chi connectivity index (χ0) is 14.8. The van der Waals surface area contributed by atoms with Crippen LogP contribution in [-0.2, 0) is 14.8 Å². The minimum absolute atomic E-state index is 0.0393. The van der Waals surface area contributed by atoms with E-state index in [1.165, 1.54) is 6.07 Å². The van der Waals surface area contributed by atoms with Crippen LogP contribution in [0, 0.1) is 5.92 Å². The van der Waals surface area contributed by atoms with Gasteiger partial charge < -0.3 is 10.4 Å². The van der Waals surface area contributed by atoms with Crippen molar-refractivity contribution >= 4 is 21.7 Å². The van der Waals surface area contributed by atoms with E-state index in [9.17, 15) is 13.2 Å². The third-order valence-electron chi connectivity index (χ3n) is 3.58. The second kappa shape index (κ2) is 5.80. The molecule has 110 valence electrons. The summed E-state index contributed by atoms with van der Waals surface area (Å²) in [5, 5.41) is 17.4. The van der Waals surface area contributed by atoms with E-state index >= 15 is 0 Å². The summed E-state index contributed by atoms with van der Waals surface area (Å²) >= 11 is 0. The summed E-state index contributed by atoms with van der Waals surface area (Å²) in [5.41, 5.74) is 0.436. The molecule has 1 aliphatic rings. The van der Waals surface area contributed by atoms with Crippen molar-refractivity contribution in [3.05, 3.63) is 24.3 Å². The Bertz CT molecular complexity index is 600. The number of sulfonamides is 1. The Balaban J connectivity index is 2.16. The normalized spacial score (nSPS) is 23.2. The Morgan fingerprint density at radius 1 is 1.30 bits per heavy atom. The topological polar surface area (TPSA) is 109 Å². The summed E-state index contributed by atoms with van der Waals surface area (Å²) in [7, 11) is -3.79. The van der Waals surface area contributed by atoms with E-state index in [2.05, 4.69) is 5.32 Å². The lowest BCUT2D eigenvalue weighted by molar-refractivity contribution is -0.142. The van der Waals surface area contributed by atoms with Gasteiger partial charge in [0.2, 0.25) is 10.0 Å². The summed E-state index contributed by atoms with van der Waals surface area (Å²) < 4.78 is 23.0. The molecule has 1 saturated carbocycles. The predicted octanol–water partition coefficient (Wildman–Crippen LogP) is 1.39. The molecular formula is C13H18N2O4S. The maximum absolute atomic E-state index is 11.5. The molecule has 2 unspecified atom stereocenters. The molecule has 20 heavy (non-hydrogen) atoms. The van der Waals surface area contributed by atoms with Crippen LogP contribution < -0.4 is 10.5 Å². The zero-order valence-electron chi connectivity index (χ0n) is 11.0. The Kier molecular flexibility index (Phi) is 4.29. The first-order valence-electron chi connectivity index (χ1n) is 6.49. The SMILES string of the molecule is NS(=O)(=O)c1ccccc1NC1CCCC(C(=O)O)C1. The second-order valence-electron chi connectivity index (χ2n) is 5.08. The molecule has 2 atom stereocenters. The number of nitrogens with two attached hydrogens (primary N) is 1. The molecule has 0 radical (unpaired) electrons. The smallest absolute Gasteiger partial charge is 0.306 e. The Labute approximate surface area is 118 Å². The number of hydrogen-bond donors (Lipinski definition) is 3. The third-order valence-corrected chi connectivity index (χ3v) is 4.55. The van der Waals surface area contributed by atoms with Crippen molar-refractivity contribution in [1.29, 1.82) is 0 Å². The largest absolute Gasteiger partial charge is 0.481 e. The first kappa shape index (κ1) is 14.8. The summed E-state index contributed by atoms with van der Waals surface area (Å²) in [6.07, 6.45) is 2.80. The number of primary sulfonamides is 1. The number of benzene rings is 1. The van der Waals surface area contributed by atoms with Gasteiger partial charge >= 0.3 is 5.97 Å². The van der Waals surface area contributed by atoms with Crippen molar-refractivity contribution in [3.63, 3.8) is 0 Å². The molecule has 0 spiro atoms. The Morgan fingerprint density at radius 3 is 2.65 bits per heavy atom. The molecule has 7 heteroatoms. The number of carboxylic acids is 1. The molecule has 0 amide bonds. The molecule has 0 heterocycles. The van der Waals surface area contributed by atoms with E-state index in [-0.39, 0.29) is 16.9 Å².